The van der Waals surface area contributed by atoms with Gasteiger partial charge < -0.3 is 14.6 Å². The molecular formula is C13H16N4O3S. The number of fused-ring (bicyclic) bond motifs is 1. The normalized spacial score (nSPS) is 11.4. The Bertz CT molecular complexity index is 720. The summed E-state index contributed by atoms with van der Waals surface area (Å²) in [6.07, 6.45) is 0. The van der Waals surface area contributed by atoms with Crippen LogP contribution in [0.4, 0.5) is 4.79 Å². The summed E-state index contributed by atoms with van der Waals surface area (Å²) in [6, 6.07) is 7.30. The number of thiazole rings is 1. The van der Waals surface area contributed by atoms with Gasteiger partial charge in [0.25, 0.3) is 0 Å². The van der Waals surface area contributed by atoms with Gasteiger partial charge in [-0.3, -0.25) is 4.79 Å². The summed E-state index contributed by atoms with van der Waals surface area (Å²) in [7, 11) is 1.87. The molecule has 0 aliphatic rings. The maximum Gasteiger partial charge on any atom is 0.335 e. The van der Waals surface area contributed by atoms with E-state index < -0.39 is 12.0 Å². The molecule has 112 valence electrons. The maximum atomic E-state index is 11.5. The lowest BCUT2D eigenvalue weighted by atomic mass is 10.3. The molecular weight excluding hydrogens is 292 g/mol. The molecule has 2 aromatic rings. The number of benzene rings is 1. The van der Waals surface area contributed by atoms with E-state index in [1.807, 2.05) is 35.9 Å². The number of esters is 1. The van der Waals surface area contributed by atoms with Gasteiger partial charge in [0, 0.05) is 7.05 Å². The number of hydrogen-bond acceptors (Lipinski definition) is 5. The van der Waals surface area contributed by atoms with Gasteiger partial charge in [0.15, 0.2) is 0 Å². The number of urea groups is 1. The van der Waals surface area contributed by atoms with E-state index in [-0.39, 0.29) is 13.2 Å². The van der Waals surface area contributed by atoms with E-state index in [0.29, 0.717) is 4.80 Å². The fraction of sp³-hybridized carbons (Fsp3) is 0.308. The van der Waals surface area contributed by atoms with Crippen molar-refractivity contribution in [1.82, 2.24) is 15.3 Å². The summed E-state index contributed by atoms with van der Waals surface area (Å²) in [5.41, 5.74) is 3.39. The molecule has 2 rings (SSSR count). The fourth-order valence-electron chi connectivity index (χ4n) is 1.69. The Balaban J connectivity index is 2.01. The lowest BCUT2D eigenvalue weighted by Crippen LogP contribution is -2.37. The van der Waals surface area contributed by atoms with Crippen LogP contribution in [0.5, 0.6) is 0 Å². The van der Waals surface area contributed by atoms with Crippen molar-refractivity contribution >= 4 is 33.6 Å². The highest BCUT2D eigenvalue weighted by molar-refractivity contribution is 7.16. The van der Waals surface area contributed by atoms with Gasteiger partial charge >= 0.3 is 12.0 Å². The number of carbonyl (C=O) groups excluding carboxylic acids is 2. The molecule has 0 bridgehead atoms. The van der Waals surface area contributed by atoms with Gasteiger partial charge in [-0.25, -0.2) is 10.2 Å². The Kier molecular flexibility index (Phi) is 4.94. The van der Waals surface area contributed by atoms with Crippen LogP contribution in [-0.4, -0.2) is 29.7 Å². The lowest BCUT2D eigenvalue weighted by Gasteiger charge is -2.03. The van der Waals surface area contributed by atoms with Gasteiger partial charge in [-0.2, -0.15) is 0 Å². The van der Waals surface area contributed by atoms with Gasteiger partial charge in [-0.1, -0.05) is 23.5 Å². The van der Waals surface area contributed by atoms with Crippen molar-refractivity contribution in [3.8, 4) is 0 Å². The molecule has 0 aliphatic heterocycles. The minimum absolute atomic E-state index is 0.187. The molecule has 0 saturated heterocycles. The van der Waals surface area contributed by atoms with Crippen molar-refractivity contribution in [3.05, 3.63) is 29.1 Å². The lowest BCUT2D eigenvalue weighted by molar-refractivity contribution is -0.141. The van der Waals surface area contributed by atoms with Crippen molar-refractivity contribution < 1.29 is 14.3 Å². The molecule has 2 amide bonds. The monoisotopic (exact) mass is 308 g/mol. The van der Waals surface area contributed by atoms with Crippen molar-refractivity contribution in [2.75, 3.05) is 13.2 Å². The van der Waals surface area contributed by atoms with Crippen LogP contribution in [-0.2, 0) is 16.6 Å². The van der Waals surface area contributed by atoms with Crippen molar-refractivity contribution in [3.63, 3.8) is 0 Å². The number of rotatable bonds is 4. The predicted molar refractivity (Wildman–Crippen MR) is 79.5 cm³/mol. The van der Waals surface area contributed by atoms with Crippen LogP contribution in [0.2, 0.25) is 0 Å². The minimum Gasteiger partial charge on any atom is -0.465 e. The summed E-state index contributed by atoms with van der Waals surface area (Å²) in [4.78, 5) is 23.3. The van der Waals surface area contributed by atoms with E-state index >= 15 is 0 Å². The number of para-hydroxylation sites is 1. The summed E-state index contributed by atoms with van der Waals surface area (Å²) in [5.74, 6) is -0.486. The Morgan fingerprint density at radius 2 is 2.14 bits per heavy atom. The summed E-state index contributed by atoms with van der Waals surface area (Å²) in [5, 5.41) is 6.40. The molecule has 2 N–H and O–H groups in total. The number of aryl methyl sites for hydroxylation is 1. The van der Waals surface area contributed by atoms with Crippen LogP contribution < -0.4 is 15.5 Å². The van der Waals surface area contributed by atoms with E-state index in [9.17, 15) is 9.59 Å². The standard InChI is InChI=1S/C13H16N4O3S/c1-3-20-11(18)8-14-12(19)15-16-13-17(2)9-6-4-5-7-10(9)21-13/h4-7H,3,8H2,1-2H3,(H2,14,15,19)/b16-13-. The quantitative estimate of drug-likeness (QED) is 0.650. The first-order valence-corrected chi connectivity index (χ1v) is 7.21. The Morgan fingerprint density at radius 1 is 1.38 bits per heavy atom. The highest BCUT2D eigenvalue weighted by Gasteiger charge is 2.05. The zero-order chi connectivity index (χ0) is 15.2. The average molecular weight is 308 g/mol. The minimum atomic E-state index is -0.555. The van der Waals surface area contributed by atoms with E-state index in [2.05, 4.69) is 15.8 Å². The topological polar surface area (TPSA) is 84.7 Å². The van der Waals surface area contributed by atoms with Crippen LogP contribution in [0.25, 0.3) is 10.2 Å². The molecule has 0 saturated carbocycles. The number of nitrogens with one attached hydrogen (secondary N) is 2. The third-order valence-corrected chi connectivity index (χ3v) is 3.78. The van der Waals surface area contributed by atoms with Crippen molar-refractivity contribution in [2.24, 2.45) is 12.1 Å². The van der Waals surface area contributed by atoms with E-state index in [4.69, 9.17) is 4.74 Å². The summed E-state index contributed by atoms with van der Waals surface area (Å²) in [6.45, 7) is 1.80. The van der Waals surface area contributed by atoms with E-state index in [0.717, 1.165) is 10.2 Å². The summed E-state index contributed by atoms with van der Waals surface area (Å²) >= 11 is 1.46. The predicted octanol–water partition coefficient (Wildman–Crippen LogP) is 0.918. The van der Waals surface area contributed by atoms with E-state index in [1.165, 1.54) is 11.3 Å². The second-order valence-electron chi connectivity index (χ2n) is 4.12. The first kappa shape index (κ1) is 15.0. The highest BCUT2D eigenvalue weighted by Crippen LogP contribution is 2.14. The first-order chi connectivity index (χ1) is 10.1. The number of aromatic nitrogens is 1. The molecule has 0 spiro atoms. The molecule has 21 heavy (non-hydrogen) atoms. The molecule has 0 aliphatic carbocycles. The molecule has 8 heteroatoms. The third kappa shape index (κ3) is 3.82. The Hall–Kier alpha value is -2.35. The first-order valence-electron chi connectivity index (χ1n) is 6.39. The summed E-state index contributed by atoms with van der Waals surface area (Å²) < 4.78 is 7.66. The number of hydrogen-bond donors (Lipinski definition) is 2. The smallest absolute Gasteiger partial charge is 0.335 e. The fourth-order valence-corrected chi connectivity index (χ4v) is 2.67. The number of carbonyl (C=O) groups is 2. The maximum absolute atomic E-state index is 11.5. The Labute approximate surface area is 125 Å². The van der Waals surface area contributed by atoms with Crippen LogP contribution in [0.1, 0.15) is 6.92 Å². The number of amides is 2. The molecule has 0 fully saturated rings. The molecule has 0 radical (unpaired) electrons. The SMILES string of the molecule is CCOC(=O)CNC(=O)N/N=c1\sc2ccccc2n1C. The molecule has 1 heterocycles. The zero-order valence-corrected chi connectivity index (χ0v) is 12.6. The highest BCUT2D eigenvalue weighted by atomic mass is 32.1. The van der Waals surface area contributed by atoms with Crippen LogP contribution >= 0.6 is 11.3 Å². The Morgan fingerprint density at radius 3 is 2.86 bits per heavy atom. The molecule has 7 nitrogen and oxygen atoms in total. The van der Waals surface area contributed by atoms with Crippen LogP contribution in [0.3, 0.4) is 0 Å². The largest absolute Gasteiger partial charge is 0.465 e. The van der Waals surface area contributed by atoms with Gasteiger partial charge in [0.2, 0.25) is 4.80 Å². The molecule has 0 atom stereocenters. The van der Waals surface area contributed by atoms with Gasteiger partial charge in [0.05, 0.1) is 16.8 Å². The van der Waals surface area contributed by atoms with Crippen LogP contribution in [0, 0.1) is 0 Å². The van der Waals surface area contributed by atoms with Crippen molar-refractivity contribution in [2.45, 2.75) is 6.92 Å². The van der Waals surface area contributed by atoms with Crippen molar-refractivity contribution in [1.29, 1.82) is 0 Å². The van der Waals surface area contributed by atoms with Gasteiger partial charge in [-0.15, -0.1) is 5.10 Å². The van der Waals surface area contributed by atoms with Crippen LogP contribution in [0.15, 0.2) is 29.4 Å². The van der Waals surface area contributed by atoms with E-state index in [1.54, 1.807) is 6.92 Å². The molecule has 0 unspecified atom stereocenters. The number of nitrogens with zero attached hydrogens (tertiary/aromatic N) is 2. The zero-order valence-electron chi connectivity index (χ0n) is 11.8. The average Bonchev–Trinajstić information content (AvgIpc) is 2.80. The molecule has 1 aromatic carbocycles. The van der Waals surface area contributed by atoms with Gasteiger partial charge in [-0.05, 0) is 19.1 Å². The molecule has 1 aromatic heterocycles. The third-order valence-electron chi connectivity index (χ3n) is 2.67. The second kappa shape index (κ2) is 6.89. The number of ether oxygens (including phenoxy) is 1. The van der Waals surface area contributed by atoms with Gasteiger partial charge in [0.1, 0.15) is 6.54 Å². The second-order valence-corrected chi connectivity index (χ2v) is 5.13.